The minimum Gasteiger partial charge on any atom is -0.243 e. The van der Waals surface area contributed by atoms with Gasteiger partial charge in [0.2, 0.25) is 0 Å². The van der Waals surface area contributed by atoms with Gasteiger partial charge in [-0.2, -0.15) is 15.1 Å². The van der Waals surface area contributed by atoms with Gasteiger partial charge in [-0.05, 0) is 18.8 Å². The van der Waals surface area contributed by atoms with E-state index in [1.54, 1.807) is 10.7 Å². The highest BCUT2D eigenvalue weighted by molar-refractivity contribution is 6.35. The molecule has 3 aromatic heterocycles. The van der Waals surface area contributed by atoms with E-state index in [1.165, 1.54) is 25.5 Å². The van der Waals surface area contributed by atoms with Crippen molar-refractivity contribution >= 4 is 29.0 Å². The van der Waals surface area contributed by atoms with Gasteiger partial charge in [-0.15, -0.1) is 0 Å². The minimum absolute atomic E-state index is 0.326. The fourth-order valence-corrected chi connectivity index (χ4v) is 3.92. The van der Waals surface area contributed by atoms with E-state index in [4.69, 9.17) is 23.2 Å². The molecule has 1 fully saturated rings. The van der Waals surface area contributed by atoms with E-state index in [2.05, 4.69) is 32.0 Å². The van der Waals surface area contributed by atoms with Crippen molar-refractivity contribution in [1.29, 1.82) is 0 Å². The third-order valence-electron chi connectivity index (χ3n) is 4.73. The van der Waals surface area contributed by atoms with E-state index in [9.17, 15) is 0 Å². The average molecular weight is 363 g/mol. The number of aromatic nitrogens is 6. The molecule has 0 aromatic carbocycles. The van der Waals surface area contributed by atoms with Crippen molar-refractivity contribution in [3.8, 4) is 11.3 Å². The van der Waals surface area contributed by atoms with Gasteiger partial charge in [0.15, 0.2) is 0 Å². The van der Waals surface area contributed by atoms with Crippen molar-refractivity contribution in [2.75, 3.05) is 0 Å². The summed E-state index contributed by atoms with van der Waals surface area (Å²) in [7, 11) is 0. The zero-order chi connectivity index (χ0) is 16.7. The van der Waals surface area contributed by atoms with Gasteiger partial charge >= 0.3 is 0 Å². The molecule has 6 nitrogen and oxygen atoms in total. The second-order valence-electron chi connectivity index (χ2n) is 6.31. The maximum atomic E-state index is 6.51. The smallest absolute Gasteiger partial charge is 0.243 e. The van der Waals surface area contributed by atoms with E-state index in [0.29, 0.717) is 27.6 Å². The van der Waals surface area contributed by atoms with Crippen LogP contribution in [0.2, 0.25) is 10.2 Å². The number of halogens is 2. The second kappa shape index (κ2) is 6.26. The van der Waals surface area contributed by atoms with Gasteiger partial charge in [0.05, 0.1) is 22.0 Å². The first kappa shape index (κ1) is 15.7. The maximum Gasteiger partial charge on any atom is 0.253 e. The lowest BCUT2D eigenvalue weighted by molar-refractivity contribution is 0.341. The van der Waals surface area contributed by atoms with Crippen molar-refractivity contribution in [3.05, 3.63) is 34.7 Å². The van der Waals surface area contributed by atoms with E-state index in [0.717, 1.165) is 30.0 Å². The molecule has 0 amide bonds. The standard InChI is InChI=1S/C16H16Cl2N6/c1-9-2-4-10(5-3-9)14-12(13-11(17)6-19-7-20-13)15(18)23-16-21-8-22-24(14)16/h6-10H,2-5H2,1H3. The number of hydrogen-bond donors (Lipinski definition) is 0. The Bertz CT molecular complexity index is 885. The second-order valence-corrected chi connectivity index (χ2v) is 7.08. The Balaban J connectivity index is 1.97. The topological polar surface area (TPSA) is 68.9 Å². The van der Waals surface area contributed by atoms with Crippen LogP contribution >= 0.6 is 23.2 Å². The molecule has 0 spiro atoms. The Hall–Kier alpha value is -1.79. The van der Waals surface area contributed by atoms with E-state index < -0.39 is 0 Å². The molecule has 1 aliphatic carbocycles. The van der Waals surface area contributed by atoms with Gasteiger partial charge in [0.25, 0.3) is 5.78 Å². The molecule has 3 heterocycles. The Kier molecular flexibility index (Phi) is 4.10. The zero-order valence-electron chi connectivity index (χ0n) is 13.2. The Labute approximate surface area is 149 Å². The predicted octanol–water partition coefficient (Wildman–Crippen LogP) is 4.18. The molecular formula is C16H16Cl2N6. The largest absolute Gasteiger partial charge is 0.253 e. The lowest BCUT2D eigenvalue weighted by Crippen LogP contribution is -2.16. The summed E-state index contributed by atoms with van der Waals surface area (Å²) in [5.74, 6) is 1.57. The van der Waals surface area contributed by atoms with Crippen molar-refractivity contribution in [1.82, 2.24) is 29.5 Å². The van der Waals surface area contributed by atoms with E-state index in [1.807, 2.05) is 0 Å². The molecule has 0 N–H and O–H groups in total. The van der Waals surface area contributed by atoms with Gasteiger partial charge in [0.1, 0.15) is 17.8 Å². The highest BCUT2D eigenvalue weighted by atomic mass is 35.5. The number of rotatable bonds is 2. The molecule has 8 heteroatoms. The minimum atomic E-state index is 0.326. The van der Waals surface area contributed by atoms with Crippen LogP contribution in [0.5, 0.6) is 0 Å². The van der Waals surface area contributed by atoms with Crippen LogP contribution in [0.4, 0.5) is 0 Å². The summed E-state index contributed by atoms with van der Waals surface area (Å²) in [4.78, 5) is 16.9. The number of fused-ring (bicyclic) bond motifs is 1. The monoisotopic (exact) mass is 362 g/mol. The van der Waals surface area contributed by atoms with Crippen LogP contribution in [0, 0.1) is 5.92 Å². The third-order valence-corrected chi connectivity index (χ3v) is 5.28. The fraction of sp³-hybridized carbons (Fsp3) is 0.438. The van der Waals surface area contributed by atoms with Crippen molar-refractivity contribution in [2.24, 2.45) is 5.92 Å². The van der Waals surface area contributed by atoms with E-state index in [-0.39, 0.29) is 0 Å². The summed E-state index contributed by atoms with van der Waals surface area (Å²) in [6.45, 7) is 2.29. The predicted molar refractivity (Wildman–Crippen MR) is 92.2 cm³/mol. The molecular weight excluding hydrogens is 347 g/mol. The van der Waals surface area contributed by atoms with Gasteiger partial charge < -0.3 is 0 Å². The van der Waals surface area contributed by atoms with Crippen LogP contribution in [-0.2, 0) is 0 Å². The van der Waals surface area contributed by atoms with Crippen molar-refractivity contribution < 1.29 is 0 Å². The van der Waals surface area contributed by atoms with Crippen molar-refractivity contribution in [3.63, 3.8) is 0 Å². The Morgan fingerprint density at radius 1 is 1.08 bits per heavy atom. The average Bonchev–Trinajstić information content (AvgIpc) is 3.03. The molecule has 0 atom stereocenters. The first-order valence-corrected chi connectivity index (χ1v) is 8.75. The SMILES string of the molecule is CC1CCC(c2c(-c3ncncc3Cl)c(Cl)nc3ncnn23)CC1. The van der Waals surface area contributed by atoms with Crippen molar-refractivity contribution in [2.45, 2.75) is 38.5 Å². The summed E-state index contributed by atoms with van der Waals surface area (Å²) in [5.41, 5.74) is 2.33. The fourth-order valence-electron chi connectivity index (χ4n) is 3.46. The van der Waals surface area contributed by atoms with Gasteiger partial charge in [-0.1, -0.05) is 43.0 Å². The maximum absolute atomic E-state index is 6.51. The summed E-state index contributed by atoms with van der Waals surface area (Å²) in [6, 6.07) is 0. The highest BCUT2D eigenvalue weighted by Crippen LogP contribution is 2.42. The van der Waals surface area contributed by atoms with Crippen LogP contribution in [0.3, 0.4) is 0 Å². The summed E-state index contributed by atoms with van der Waals surface area (Å²) >= 11 is 12.8. The third kappa shape index (κ3) is 2.63. The lowest BCUT2D eigenvalue weighted by Gasteiger charge is -2.28. The first-order chi connectivity index (χ1) is 11.6. The zero-order valence-corrected chi connectivity index (χ0v) is 14.7. The summed E-state index contributed by atoms with van der Waals surface area (Å²) in [5, 5.41) is 5.17. The molecule has 4 rings (SSSR count). The van der Waals surface area contributed by atoms with Gasteiger partial charge in [-0.25, -0.2) is 14.5 Å². The molecule has 0 bridgehead atoms. The summed E-state index contributed by atoms with van der Waals surface area (Å²) < 4.78 is 1.78. The molecule has 24 heavy (non-hydrogen) atoms. The number of hydrogen-bond acceptors (Lipinski definition) is 5. The molecule has 0 radical (unpaired) electrons. The molecule has 0 aliphatic heterocycles. The van der Waals surface area contributed by atoms with Crippen LogP contribution in [0.25, 0.3) is 17.0 Å². The van der Waals surface area contributed by atoms with Crippen LogP contribution in [-0.4, -0.2) is 29.5 Å². The Morgan fingerprint density at radius 2 is 1.88 bits per heavy atom. The molecule has 3 aromatic rings. The van der Waals surface area contributed by atoms with Crippen LogP contribution in [0.15, 0.2) is 18.9 Å². The highest BCUT2D eigenvalue weighted by Gasteiger charge is 2.29. The lowest BCUT2D eigenvalue weighted by atomic mass is 9.80. The van der Waals surface area contributed by atoms with Crippen LogP contribution < -0.4 is 0 Å². The normalized spacial score (nSPS) is 21.3. The molecule has 0 unspecified atom stereocenters. The van der Waals surface area contributed by atoms with Gasteiger partial charge in [0, 0.05) is 12.1 Å². The molecule has 0 saturated heterocycles. The molecule has 1 saturated carbocycles. The summed E-state index contributed by atoms with van der Waals surface area (Å²) in [6.07, 6.45) is 9.04. The number of nitrogens with zero attached hydrogens (tertiary/aromatic N) is 6. The molecule has 1 aliphatic rings. The Morgan fingerprint density at radius 3 is 2.62 bits per heavy atom. The first-order valence-electron chi connectivity index (χ1n) is 8.00. The van der Waals surface area contributed by atoms with E-state index >= 15 is 0 Å². The molecule has 124 valence electrons. The van der Waals surface area contributed by atoms with Gasteiger partial charge in [-0.3, -0.25) is 0 Å². The van der Waals surface area contributed by atoms with Crippen LogP contribution in [0.1, 0.15) is 44.2 Å². The quantitative estimate of drug-likeness (QED) is 0.639.